The van der Waals surface area contributed by atoms with Crippen LogP contribution in [0.15, 0.2) is 28.9 Å². The summed E-state index contributed by atoms with van der Waals surface area (Å²) in [5, 5.41) is 7.78. The van der Waals surface area contributed by atoms with Crippen LogP contribution >= 0.6 is 0 Å². The number of ether oxygens (including phenoxy) is 3. The second kappa shape index (κ2) is 11.3. The topological polar surface area (TPSA) is 91.5 Å². The number of benzene rings is 1. The van der Waals surface area contributed by atoms with Gasteiger partial charge >= 0.3 is 0 Å². The van der Waals surface area contributed by atoms with Gasteiger partial charge in [-0.05, 0) is 26.2 Å². The van der Waals surface area contributed by atoms with Crippen LogP contribution in [-0.4, -0.2) is 36.0 Å². The molecule has 8 nitrogen and oxygen atoms in total. The van der Waals surface area contributed by atoms with E-state index in [1.54, 1.807) is 14.2 Å². The molecule has 1 aromatic carbocycles. The SMILES string of the molecule is CCCOCc1cnc(Nc2cc(OC)cc(OC)c2)nc1-c1c(C2CCCCC2)noc1C. The van der Waals surface area contributed by atoms with E-state index in [4.69, 9.17) is 23.7 Å². The molecule has 2 heterocycles. The number of rotatable bonds is 10. The lowest BCUT2D eigenvalue weighted by molar-refractivity contribution is 0.121. The fourth-order valence-electron chi connectivity index (χ4n) is 4.46. The Bertz CT molecular complexity index is 1070. The average Bonchev–Trinajstić information content (AvgIpc) is 3.26. The van der Waals surface area contributed by atoms with E-state index in [0.29, 0.717) is 36.6 Å². The molecule has 34 heavy (non-hydrogen) atoms. The lowest BCUT2D eigenvalue weighted by Gasteiger charge is -2.21. The molecule has 182 valence electrons. The van der Waals surface area contributed by atoms with E-state index in [-0.39, 0.29) is 0 Å². The zero-order valence-corrected chi connectivity index (χ0v) is 20.5. The first-order valence-electron chi connectivity index (χ1n) is 12.0. The highest BCUT2D eigenvalue weighted by Crippen LogP contribution is 2.40. The van der Waals surface area contributed by atoms with Crippen molar-refractivity contribution in [3.05, 3.63) is 41.4 Å². The van der Waals surface area contributed by atoms with Crippen molar-refractivity contribution in [3.63, 3.8) is 0 Å². The van der Waals surface area contributed by atoms with Crippen LogP contribution in [0.3, 0.4) is 0 Å². The monoisotopic (exact) mass is 466 g/mol. The van der Waals surface area contributed by atoms with Crippen molar-refractivity contribution in [2.75, 3.05) is 26.1 Å². The molecule has 1 fully saturated rings. The molecule has 0 spiro atoms. The minimum Gasteiger partial charge on any atom is -0.497 e. The van der Waals surface area contributed by atoms with Crippen LogP contribution in [0.1, 0.15) is 68.4 Å². The highest BCUT2D eigenvalue weighted by Gasteiger charge is 2.27. The molecule has 8 heteroatoms. The smallest absolute Gasteiger partial charge is 0.227 e. The Labute approximate surface area is 201 Å². The fourth-order valence-corrected chi connectivity index (χ4v) is 4.46. The molecular formula is C26H34N4O4. The van der Waals surface area contributed by atoms with E-state index in [0.717, 1.165) is 53.2 Å². The van der Waals surface area contributed by atoms with E-state index in [1.165, 1.54) is 19.3 Å². The Morgan fingerprint density at radius 3 is 2.47 bits per heavy atom. The van der Waals surface area contributed by atoms with Crippen LogP contribution < -0.4 is 14.8 Å². The van der Waals surface area contributed by atoms with Gasteiger partial charge in [0.2, 0.25) is 5.95 Å². The number of methoxy groups -OCH3 is 2. The van der Waals surface area contributed by atoms with Gasteiger partial charge in [0.25, 0.3) is 0 Å². The quantitative estimate of drug-likeness (QED) is 0.354. The first kappa shape index (κ1) is 24.0. The van der Waals surface area contributed by atoms with Crippen LogP contribution in [0.25, 0.3) is 11.3 Å². The highest BCUT2D eigenvalue weighted by molar-refractivity contribution is 5.70. The summed E-state index contributed by atoms with van der Waals surface area (Å²) in [5.41, 5.74) is 4.47. The molecule has 0 radical (unpaired) electrons. The normalized spacial score (nSPS) is 14.2. The Hall–Kier alpha value is -3.13. The van der Waals surface area contributed by atoms with Gasteiger partial charge in [-0.1, -0.05) is 31.3 Å². The number of nitrogens with zero attached hydrogens (tertiary/aromatic N) is 3. The summed E-state index contributed by atoms with van der Waals surface area (Å²) >= 11 is 0. The number of anilines is 2. The Kier molecular flexibility index (Phi) is 8.00. The summed E-state index contributed by atoms with van der Waals surface area (Å²) in [4.78, 5) is 9.50. The van der Waals surface area contributed by atoms with Crippen LogP contribution in [0, 0.1) is 6.92 Å². The maximum Gasteiger partial charge on any atom is 0.227 e. The van der Waals surface area contributed by atoms with Gasteiger partial charge in [-0.25, -0.2) is 9.97 Å². The van der Waals surface area contributed by atoms with Gasteiger partial charge in [0.05, 0.1) is 37.8 Å². The molecule has 2 aromatic heterocycles. The maximum absolute atomic E-state index is 5.87. The summed E-state index contributed by atoms with van der Waals surface area (Å²) in [6.07, 6.45) is 8.75. The molecule has 0 unspecified atom stereocenters. The van der Waals surface area contributed by atoms with Crippen LogP contribution in [-0.2, 0) is 11.3 Å². The fraction of sp³-hybridized carbons (Fsp3) is 0.500. The van der Waals surface area contributed by atoms with Crippen molar-refractivity contribution in [2.24, 2.45) is 0 Å². The summed E-state index contributed by atoms with van der Waals surface area (Å²) in [7, 11) is 3.25. The van der Waals surface area contributed by atoms with Crippen molar-refractivity contribution in [2.45, 2.75) is 64.9 Å². The summed E-state index contributed by atoms with van der Waals surface area (Å²) in [6.45, 7) is 5.16. The molecule has 1 saturated carbocycles. The van der Waals surface area contributed by atoms with E-state index in [9.17, 15) is 0 Å². The van der Waals surface area contributed by atoms with Gasteiger partial charge in [0.1, 0.15) is 17.3 Å². The molecule has 1 aliphatic rings. The van der Waals surface area contributed by atoms with E-state index in [1.807, 2.05) is 31.3 Å². The van der Waals surface area contributed by atoms with Gasteiger partial charge in [0, 0.05) is 48.2 Å². The molecule has 3 aromatic rings. The molecule has 1 aliphatic carbocycles. The highest BCUT2D eigenvalue weighted by atomic mass is 16.5. The summed E-state index contributed by atoms with van der Waals surface area (Å²) < 4.78 is 22.3. The van der Waals surface area contributed by atoms with Crippen LogP contribution in [0.4, 0.5) is 11.6 Å². The third kappa shape index (κ3) is 5.50. The molecule has 4 rings (SSSR count). The lowest BCUT2D eigenvalue weighted by Crippen LogP contribution is -2.09. The number of nitrogens with one attached hydrogen (secondary N) is 1. The minimum atomic E-state index is 0.389. The molecule has 0 saturated heterocycles. The number of aryl methyl sites for hydroxylation is 1. The number of aromatic nitrogens is 3. The minimum absolute atomic E-state index is 0.389. The van der Waals surface area contributed by atoms with Gasteiger partial charge in [-0.3, -0.25) is 0 Å². The Morgan fingerprint density at radius 2 is 1.79 bits per heavy atom. The molecular weight excluding hydrogens is 432 g/mol. The van der Waals surface area contributed by atoms with Crippen LogP contribution in [0.5, 0.6) is 11.5 Å². The third-order valence-electron chi connectivity index (χ3n) is 6.20. The zero-order chi connectivity index (χ0) is 23.9. The third-order valence-corrected chi connectivity index (χ3v) is 6.20. The first-order chi connectivity index (χ1) is 16.6. The average molecular weight is 467 g/mol. The van der Waals surface area contributed by atoms with Crippen molar-refractivity contribution in [3.8, 4) is 22.8 Å². The first-order valence-corrected chi connectivity index (χ1v) is 12.0. The van der Waals surface area contributed by atoms with Gasteiger partial charge in [-0.15, -0.1) is 0 Å². The van der Waals surface area contributed by atoms with Crippen molar-refractivity contribution < 1.29 is 18.7 Å². The van der Waals surface area contributed by atoms with Gasteiger partial charge in [0.15, 0.2) is 0 Å². The van der Waals surface area contributed by atoms with E-state index in [2.05, 4.69) is 22.4 Å². The standard InChI is InChI=1S/C26H34N4O4/c1-5-11-33-16-19-15-27-26(28-20-12-21(31-3)14-22(13-20)32-4)29-24(19)23-17(2)34-30-25(23)18-9-7-6-8-10-18/h12-15,18H,5-11,16H2,1-4H3,(H,27,28,29). The molecule has 0 amide bonds. The molecule has 0 aliphatic heterocycles. The number of hydrogen-bond donors (Lipinski definition) is 1. The predicted molar refractivity (Wildman–Crippen MR) is 131 cm³/mol. The van der Waals surface area contributed by atoms with Gasteiger partial charge < -0.3 is 24.1 Å². The van der Waals surface area contributed by atoms with E-state index >= 15 is 0 Å². The van der Waals surface area contributed by atoms with Crippen molar-refractivity contribution >= 4 is 11.6 Å². The summed E-state index contributed by atoms with van der Waals surface area (Å²) in [5.74, 6) is 2.99. The van der Waals surface area contributed by atoms with Gasteiger partial charge in [-0.2, -0.15) is 0 Å². The molecule has 1 N–H and O–H groups in total. The molecule has 0 bridgehead atoms. The largest absolute Gasteiger partial charge is 0.497 e. The van der Waals surface area contributed by atoms with Crippen LogP contribution in [0.2, 0.25) is 0 Å². The number of hydrogen-bond acceptors (Lipinski definition) is 8. The Morgan fingerprint density at radius 1 is 1.06 bits per heavy atom. The second-order valence-electron chi connectivity index (χ2n) is 8.68. The molecule has 0 atom stereocenters. The van der Waals surface area contributed by atoms with Crippen molar-refractivity contribution in [1.82, 2.24) is 15.1 Å². The van der Waals surface area contributed by atoms with E-state index < -0.39 is 0 Å². The zero-order valence-electron chi connectivity index (χ0n) is 20.5. The van der Waals surface area contributed by atoms with Crippen molar-refractivity contribution in [1.29, 1.82) is 0 Å². The lowest BCUT2D eigenvalue weighted by atomic mass is 9.84. The Balaban J connectivity index is 1.72. The summed E-state index contributed by atoms with van der Waals surface area (Å²) in [6, 6.07) is 5.58. The second-order valence-corrected chi connectivity index (χ2v) is 8.68. The maximum atomic E-state index is 5.87. The predicted octanol–water partition coefficient (Wildman–Crippen LogP) is 6.18.